The van der Waals surface area contributed by atoms with E-state index in [0.717, 1.165) is 11.3 Å². The highest BCUT2D eigenvalue weighted by Crippen LogP contribution is 2.35. The predicted octanol–water partition coefficient (Wildman–Crippen LogP) is 1.35. The fourth-order valence-corrected chi connectivity index (χ4v) is 3.75. The molecular weight excluding hydrogens is 348 g/mol. The smallest absolute Gasteiger partial charge is 0.183 e. The van der Waals surface area contributed by atoms with E-state index in [0.29, 0.717) is 18.9 Å². The van der Waals surface area contributed by atoms with Crippen LogP contribution in [-0.4, -0.2) is 51.2 Å². The number of hydrogen-bond donors (Lipinski definition) is 2. The van der Waals surface area contributed by atoms with E-state index in [2.05, 4.69) is 15.6 Å². The Morgan fingerprint density at radius 3 is 2.93 bits per heavy atom. The van der Waals surface area contributed by atoms with Gasteiger partial charge in [0.2, 0.25) is 0 Å². The first-order valence-corrected chi connectivity index (χ1v) is 8.98. The molecule has 8 heteroatoms. The molecular formula is C19H20N4O4. The van der Waals surface area contributed by atoms with Gasteiger partial charge >= 0.3 is 0 Å². The Hall–Kier alpha value is -2.52. The topological polar surface area (TPSA) is 94.6 Å². The van der Waals surface area contributed by atoms with Crippen LogP contribution in [0.3, 0.4) is 0 Å². The summed E-state index contributed by atoms with van der Waals surface area (Å²) in [4.78, 5) is 0. The van der Waals surface area contributed by atoms with Crippen LogP contribution in [-0.2, 0) is 16.0 Å². The summed E-state index contributed by atoms with van der Waals surface area (Å²) < 4.78 is 18.8. The van der Waals surface area contributed by atoms with E-state index in [4.69, 9.17) is 14.0 Å². The van der Waals surface area contributed by atoms with Gasteiger partial charge in [0.25, 0.3) is 0 Å². The van der Waals surface area contributed by atoms with Crippen LogP contribution in [0.15, 0.2) is 59.4 Å². The van der Waals surface area contributed by atoms with Crippen molar-refractivity contribution in [1.82, 2.24) is 20.3 Å². The summed E-state index contributed by atoms with van der Waals surface area (Å²) in [6.07, 6.45) is 2.08. The highest BCUT2D eigenvalue weighted by Gasteiger charge is 2.51. The largest absolute Gasteiger partial charge is 0.389 e. The summed E-state index contributed by atoms with van der Waals surface area (Å²) >= 11 is 0. The van der Waals surface area contributed by atoms with Crippen molar-refractivity contribution in [1.29, 1.82) is 0 Å². The first-order chi connectivity index (χ1) is 13.3. The molecule has 3 aromatic rings. The molecule has 2 aromatic heterocycles. The Bertz CT molecular complexity index is 882. The minimum Gasteiger partial charge on any atom is -0.389 e. The van der Waals surface area contributed by atoms with Crippen molar-refractivity contribution in [2.24, 2.45) is 0 Å². The van der Waals surface area contributed by atoms with E-state index in [1.165, 1.54) is 0 Å². The molecule has 8 nitrogen and oxygen atoms in total. The van der Waals surface area contributed by atoms with E-state index < -0.39 is 18.4 Å². The maximum atomic E-state index is 10.9. The van der Waals surface area contributed by atoms with Crippen molar-refractivity contribution >= 4 is 0 Å². The van der Waals surface area contributed by atoms with Crippen LogP contribution >= 0.6 is 0 Å². The Morgan fingerprint density at radius 2 is 2.11 bits per heavy atom. The summed E-state index contributed by atoms with van der Waals surface area (Å²) in [6.45, 7) is 0.862. The van der Waals surface area contributed by atoms with Gasteiger partial charge in [-0.3, -0.25) is 4.68 Å². The van der Waals surface area contributed by atoms with Crippen LogP contribution in [0.25, 0.3) is 11.3 Å². The lowest BCUT2D eigenvalue weighted by atomic mass is 9.96. The van der Waals surface area contributed by atoms with Crippen LogP contribution in [0.4, 0.5) is 0 Å². The zero-order chi connectivity index (χ0) is 18.2. The van der Waals surface area contributed by atoms with Crippen molar-refractivity contribution in [3.8, 4) is 11.3 Å². The third-order valence-corrected chi connectivity index (χ3v) is 5.10. The number of hydrogen-bond acceptors (Lipinski definition) is 7. The molecule has 0 amide bonds. The van der Waals surface area contributed by atoms with Crippen LogP contribution in [0.5, 0.6) is 0 Å². The van der Waals surface area contributed by atoms with Crippen molar-refractivity contribution in [3.63, 3.8) is 0 Å². The molecule has 27 heavy (non-hydrogen) atoms. The normalized spacial score (nSPS) is 29.9. The van der Waals surface area contributed by atoms with Gasteiger partial charge in [-0.1, -0.05) is 35.5 Å². The molecule has 5 unspecified atom stereocenters. The summed E-state index contributed by atoms with van der Waals surface area (Å²) in [6, 6.07) is 12.9. The van der Waals surface area contributed by atoms with Gasteiger partial charge in [0.05, 0.1) is 25.3 Å². The minimum absolute atomic E-state index is 0.215. The summed E-state index contributed by atoms with van der Waals surface area (Å²) in [5.41, 5.74) is 1.78. The average molecular weight is 368 g/mol. The SMILES string of the molecule is OC1C(NCc2cc(-c3ccccc3)no2)C2COC(O2)C1n1cccn1. The Labute approximate surface area is 155 Å². The summed E-state index contributed by atoms with van der Waals surface area (Å²) in [5, 5.41) is 22.6. The number of aliphatic hydroxyl groups is 1. The second-order valence-electron chi connectivity index (χ2n) is 6.79. The Morgan fingerprint density at radius 1 is 1.22 bits per heavy atom. The lowest BCUT2D eigenvalue weighted by Crippen LogP contribution is -2.57. The van der Waals surface area contributed by atoms with Gasteiger partial charge in [-0.25, -0.2) is 0 Å². The maximum Gasteiger partial charge on any atom is 0.183 e. The second-order valence-corrected chi connectivity index (χ2v) is 6.79. The van der Waals surface area contributed by atoms with E-state index >= 15 is 0 Å². The van der Waals surface area contributed by atoms with E-state index in [9.17, 15) is 5.11 Å². The van der Waals surface area contributed by atoms with Gasteiger partial charge in [-0.2, -0.15) is 5.10 Å². The number of benzene rings is 1. The molecule has 140 valence electrons. The molecule has 0 radical (unpaired) electrons. The number of aromatic nitrogens is 3. The highest BCUT2D eigenvalue weighted by molar-refractivity contribution is 5.58. The second kappa shape index (κ2) is 6.90. The molecule has 5 atom stereocenters. The number of nitrogens with zero attached hydrogens (tertiary/aromatic N) is 3. The van der Waals surface area contributed by atoms with E-state index in [1.54, 1.807) is 17.1 Å². The van der Waals surface area contributed by atoms with Gasteiger partial charge < -0.3 is 24.4 Å². The molecule has 5 rings (SSSR count). The van der Waals surface area contributed by atoms with E-state index in [1.807, 2.05) is 42.5 Å². The standard InChI is InChI=1S/C19H20N4O4/c24-18-16(15-11-25-19(26-15)17(18)23-8-4-7-21-23)20-10-13-9-14(22-27-13)12-5-2-1-3-6-12/h1-9,15-20,24H,10-11H2. The van der Waals surface area contributed by atoms with Crippen LogP contribution in [0.1, 0.15) is 11.8 Å². The number of rotatable bonds is 5. The third-order valence-electron chi connectivity index (χ3n) is 5.10. The maximum absolute atomic E-state index is 10.9. The number of aliphatic hydroxyl groups excluding tert-OH is 1. The van der Waals surface area contributed by atoms with Gasteiger partial charge in [0.15, 0.2) is 12.1 Å². The quantitative estimate of drug-likeness (QED) is 0.702. The van der Waals surface area contributed by atoms with Crippen molar-refractivity contribution in [3.05, 3.63) is 60.6 Å². The first kappa shape index (κ1) is 16.6. The third kappa shape index (κ3) is 3.06. The lowest BCUT2D eigenvalue weighted by molar-refractivity contribution is -0.168. The predicted molar refractivity (Wildman–Crippen MR) is 94.5 cm³/mol. The number of fused-ring (bicyclic) bond motifs is 2. The van der Waals surface area contributed by atoms with Crippen LogP contribution in [0, 0.1) is 0 Å². The van der Waals surface area contributed by atoms with Crippen molar-refractivity contribution < 1.29 is 19.1 Å². The molecule has 0 spiro atoms. The van der Waals surface area contributed by atoms with Crippen molar-refractivity contribution in [2.75, 3.05) is 6.61 Å². The van der Waals surface area contributed by atoms with E-state index in [-0.39, 0.29) is 12.1 Å². The summed E-state index contributed by atoms with van der Waals surface area (Å²) in [7, 11) is 0. The fourth-order valence-electron chi connectivity index (χ4n) is 3.75. The van der Waals surface area contributed by atoms with Gasteiger partial charge in [0.1, 0.15) is 17.8 Å². The molecule has 2 aliphatic rings. The molecule has 2 fully saturated rings. The summed E-state index contributed by atoms with van der Waals surface area (Å²) in [5.74, 6) is 0.692. The number of nitrogens with one attached hydrogen (secondary N) is 1. The zero-order valence-electron chi connectivity index (χ0n) is 14.5. The van der Waals surface area contributed by atoms with Gasteiger partial charge in [-0.05, 0) is 6.07 Å². The zero-order valence-corrected chi connectivity index (χ0v) is 14.5. The molecule has 0 saturated carbocycles. The number of ether oxygens (including phenoxy) is 2. The molecule has 2 N–H and O–H groups in total. The first-order valence-electron chi connectivity index (χ1n) is 8.98. The molecule has 2 saturated heterocycles. The molecule has 2 aliphatic heterocycles. The average Bonchev–Trinajstić information content (AvgIpc) is 3.44. The molecule has 0 aliphatic carbocycles. The molecule has 2 bridgehead atoms. The van der Waals surface area contributed by atoms with Gasteiger partial charge in [0, 0.05) is 24.0 Å². The fraction of sp³-hybridized carbons (Fsp3) is 0.368. The Balaban J connectivity index is 1.30. The lowest BCUT2D eigenvalue weighted by Gasteiger charge is -2.38. The molecule has 1 aromatic carbocycles. The monoisotopic (exact) mass is 368 g/mol. The highest BCUT2D eigenvalue weighted by atomic mass is 16.7. The minimum atomic E-state index is -0.701. The van der Waals surface area contributed by atoms with Crippen LogP contribution in [0.2, 0.25) is 0 Å². The Kier molecular flexibility index (Phi) is 4.25. The van der Waals surface area contributed by atoms with Gasteiger partial charge in [-0.15, -0.1) is 0 Å². The van der Waals surface area contributed by atoms with Crippen LogP contribution < -0.4 is 5.32 Å². The molecule has 4 heterocycles. The van der Waals surface area contributed by atoms with Crippen molar-refractivity contribution in [2.45, 2.75) is 37.1 Å².